The zero-order chi connectivity index (χ0) is 22.2. The fourth-order valence-electron chi connectivity index (χ4n) is 3.93. The maximum atomic E-state index is 14.5. The van der Waals surface area contributed by atoms with Crippen LogP contribution in [0.15, 0.2) is 60.7 Å². The van der Waals surface area contributed by atoms with Crippen molar-refractivity contribution in [2.45, 2.75) is 6.10 Å². The van der Waals surface area contributed by atoms with Crippen molar-refractivity contribution < 1.29 is 18.3 Å². The zero-order valence-electron chi connectivity index (χ0n) is 17.7. The largest absolute Gasteiger partial charge is 0.494 e. The quantitative estimate of drug-likeness (QED) is 0.439. The monoisotopic (exact) mass is 433 g/mol. The van der Waals surface area contributed by atoms with Crippen molar-refractivity contribution in [3.05, 3.63) is 72.3 Å². The molecule has 0 atom stereocenters. The average Bonchev–Trinajstić information content (AvgIpc) is 2.79. The van der Waals surface area contributed by atoms with Crippen LogP contribution in [-0.4, -0.2) is 43.4 Å². The van der Waals surface area contributed by atoms with E-state index in [1.807, 2.05) is 30.3 Å². The highest BCUT2D eigenvalue weighted by atomic mass is 19.1. The Balaban J connectivity index is 1.75. The molecule has 1 fully saturated rings. The van der Waals surface area contributed by atoms with Crippen LogP contribution >= 0.6 is 0 Å². The van der Waals surface area contributed by atoms with Gasteiger partial charge in [-0.25, -0.2) is 18.7 Å². The van der Waals surface area contributed by atoms with Gasteiger partial charge in [-0.3, -0.25) is 0 Å². The minimum Gasteiger partial charge on any atom is -0.494 e. The van der Waals surface area contributed by atoms with E-state index in [1.54, 1.807) is 19.2 Å². The lowest BCUT2D eigenvalue weighted by atomic mass is 10.0. The molecule has 5 rings (SSSR count). The van der Waals surface area contributed by atoms with E-state index >= 15 is 0 Å². The minimum atomic E-state index is -0.514. The first-order valence-electron chi connectivity index (χ1n) is 10.3. The molecule has 0 radical (unpaired) electrons. The minimum absolute atomic E-state index is 0.117. The number of aromatic nitrogens is 2. The molecule has 0 N–H and O–H groups in total. The fourth-order valence-corrected chi connectivity index (χ4v) is 3.93. The summed E-state index contributed by atoms with van der Waals surface area (Å²) in [5.41, 5.74) is 2.13. The summed E-state index contributed by atoms with van der Waals surface area (Å²) in [6, 6.07) is 16.6. The van der Waals surface area contributed by atoms with Gasteiger partial charge in [-0.15, -0.1) is 0 Å². The van der Waals surface area contributed by atoms with Crippen LogP contribution in [0.3, 0.4) is 0 Å². The number of methoxy groups -OCH3 is 2. The Hall–Kier alpha value is -3.58. The Morgan fingerprint density at radius 1 is 0.906 bits per heavy atom. The van der Waals surface area contributed by atoms with Gasteiger partial charge in [0.15, 0.2) is 5.82 Å². The van der Waals surface area contributed by atoms with Gasteiger partial charge in [-0.2, -0.15) is 0 Å². The number of anilines is 1. The van der Waals surface area contributed by atoms with Gasteiger partial charge < -0.3 is 14.4 Å². The van der Waals surface area contributed by atoms with Crippen LogP contribution < -0.4 is 9.64 Å². The van der Waals surface area contributed by atoms with Crippen molar-refractivity contribution in [2.24, 2.45) is 0 Å². The molecule has 5 nitrogen and oxygen atoms in total. The fraction of sp³-hybridized carbons (Fsp3) is 0.200. The molecular weight excluding hydrogens is 412 g/mol. The van der Waals surface area contributed by atoms with Crippen LogP contribution in [0.4, 0.5) is 14.6 Å². The molecule has 1 saturated heterocycles. The molecular formula is C25H21F2N3O2. The van der Waals surface area contributed by atoms with Gasteiger partial charge in [0.05, 0.1) is 13.2 Å². The molecule has 2 heterocycles. The van der Waals surface area contributed by atoms with Crippen LogP contribution in [0.25, 0.3) is 33.4 Å². The molecule has 0 spiro atoms. The second-order valence-electron chi connectivity index (χ2n) is 7.70. The Morgan fingerprint density at radius 2 is 1.69 bits per heavy atom. The standard InChI is InChI=1S/C25H21F2N3O2/c1-31-18-13-30(14-18)25-20-10-16(19-12-17(26)8-9-21(19)27)11-22(32-2)23(20)28-24(29-25)15-6-4-3-5-7-15/h3-12,18H,13-14H2,1-2H3. The molecule has 0 saturated carbocycles. The average molecular weight is 433 g/mol. The number of ether oxygens (including phenoxy) is 2. The predicted octanol–water partition coefficient (Wildman–Crippen LogP) is 5.09. The first-order valence-corrected chi connectivity index (χ1v) is 10.3. The topological polar surface area (TPSA) is 47.5 Å². The number of fused-ring (bicyclic) bond motifs is 1. The lowest BCUT2D eigenvalue weighted by Gasteiger charge is -2.39. The summed E-state index contributed by atoms with van der Waals surface area (Å²) in [6.45, 7) is 1.36. The van der Waals surface area contributed by atoms with Gasteiger partial charge in [0.25, 0.3) is 0 Å². The van der Waals surface area contributed by atoms with Crippen LogP contribution in [0.1, 0.15) is 0 Å². The van der Waals surface area contributed by atoms with Gasteiger partial charge in [0.1, 0.15) is 28.7 Å². The number of hydrogen-bond donors (Lipinski definition) is 0. The van der Waals surface area contributed by atoms with Crippen LogP contribution in [0, 0.1) is 11.6 Å². The normalized spacial score (nSPS) is 13.9. The zero-order valence-corrected chi connectivity index (χ0v) is 17.7. The van der Waals surface area contributed by atoms with Crippen molar-refractivity contribution >= 4 is 16.7 Å². The number of rotatable bonds is 5. The van der Waals surface area contributed by atoms with Crippen LogP contribution in [0.2, 0.25) is 0 Å². The maximum Gasteiger partial charge on any atom is 0.162 e. The summed E-state index contributed by atoms with van der Waals surface area (Å²) in [7, 11) is 3.22. The molecule has 3 aromatic carbocycles. The van der Waals surface area contributed by atoms with Gasteiger partial charge >= 0.3 is 0 Å². The van der Waals surface area contributed by atoms with Gasteiger partial charge in [-0.1, -0.05) is 30.3 Å². The molecule has 162 valence electrons. The summed E-state index contributed by atoms with van der Waals surface area (Å²) < 4.78 is 39.5. The molecule has 1 aliphatic rings. The number of halogens is 2. The maximum absolute atomic E-state index is 14.5. The molecule has 0 aliphatic carbocycles. The number of hydrogen-bond acceptors (Lipinski definition) is 5. The third kappa shape index (κ3) is 3.54. The number of nitrogens with zero attached hydrogens (tertiary/aromatic N) is 3. The number of benzene rings is 3. The molecule has 4 aromatic rings. The smallest absolute Gasteiger partial charge is 0.162 e. The van der Waals surface area contributed by atoms with E-state index < -0.39 is 11.6 Å². The van der Waals surface area contributed by atoms with Crippen molar-refractivity contribution in [3.8, 4) is 28.3 Å². The molecule has 0 unspecified atom stereocenters. The van der Waals surface area contributed by atoms with Crippen LogP contribution in [-0.2, 0) is 4.74 Å². The lowest BCUT2D eigenvalue weighted by molar-refractivity contribution is 0.0785. The van der Waals surface area contributed by atoms with Crippen molar-refractivity contribution in [3.63, 3.8) is 0 Å². The van der Waals surface area contributed by atoms with Gasteiger partial charge in [0.2, 0.25) is 0 Å². The molecule has 32 heavy (non-hydrogen) atoms. The SMILES string of the molecule is COc1cc(-c2cc(F)ccc2F)cc2c(N3CC(OC)C3)nc(-c3ccccc3)nc12. The third-order valence-electron chi connectivity index (χ3n) is 5.72. The third-order valence-corrected chi connectivity index (χ3v) is 5.72. The van der Waals surface area contributed by atoms with E-state index in [-0.39, 0.29) is 11.7 Å². The Kier molecular flexibility index (Phi) is 5.19. The lowest BCUT2D eigenvalue weighted by Crippen LogP contribution is -2.52. The Morgan fingerprint density at radius 3 is 2.41 bits per heavy atom. The Bertz CT molecular complexity index is 1290. The predicted molar refractivity (Wildman–Crippen MR) is 120 cm³/mol. The molecule has 1 aromatic heterocycles. The molecule has 1 aliphatic heterocycles. The summed E-state index contributed by atoms with van der Waals surface area (Å²) in [6.07, 6.45) is 0.117. The molecule has 0 bridgehead atoms. The molecule has 0 amide bonds. The second-order valence-corrected chi connectivity index (χ2v) is 7.70. The first kappa shape index (κ1) is 20.3. The van der Waals surface area contributed by atoms with E-state index in [0.717, 1.165) is 17.7 Å². The first-order chi connectivity index (χ1) is 15.6. The highest BCUT2D eigenvalue weighted by Gasteiger charge is 2.30. The summed E-state index contributed by atoms with van der Waals surface area (Å²) >= 11 is 0. The van der Waals surface area contributed by atoms with E-state index in [1.165, 1.54) is 13.2 Å². The van der Waals surface area contributed by atoms with Crippen molar-refractivity contribution in [1.82, 2.24) is 9.97 Å². The second kappa shape index (κ2) is 8.16. The highest BCUT2D eigenvalue weighted by Crippen LogP contribution is 2.39. The van der Waals surface area contributed by atoms with E-state index in [9.17, 15) is 8.78 Å². The van der Waals surface area contributed by atoms with Crippen LogP contribution in [0.5, 0.6) is 5.75 Å². The Labute approximate surface area is 184 Å². The highest BCUT2D eigenvalue weighted by molar-refractivity contribution is 5.98. The van der Waals surface area contributed by atoms with Crippen molar-refractivity contribution in [1.29, 1.82) is 0 Å². The van der Waals surface area contributed by atoms with Gasteiger partial charge in [0, 0.05) is 36.7 Å². The van der Waals surface area contributed by atoms with E-state index in [2.05, 4.69) is 4.90 Å². The summed E-state index contributed by atoms with van der Waals surface area (Å²) in [5, 5.41) is 0.706. The summed E-state index contributed by atoms with van der Waals surface area (Å²) in [4.78, 5) is 11.7. The van der Waals surface area contributed by atoms with Gasteiger partial charge in [-0.05, 0) is 35.9 Å². The van der Waals surface area contributed by atoms with Crippen molar-refractivity contribution in [2.75, 3.05) is 32.2 Å². The molecule has 7 heteroatoms. The summed E-state index contributed by atoms with van der Waals surface area (Å²) in [5.74, 6) is 0.712. The van der Waals surface area contributed by atoms with E-state index in [0.29, 0.717) is 46.9 Å². The van der Waals surface area contributed by atoms with E-state index in [4.69, 9.17) is 19.4 Å².